The van der Waals surface area contributed by atoms with Gasteiger partial charge in [0.15, 0.2) is 0 Å². The molecule has 2 heterocycles. The molecule has 94 valence electrons. The summed E-state index contributed by atoms with van der Waals surface area (Å²) >= 11 is 3.33. The van der Waals surface area contributed by atoms with Crippen LogP contribution in [0.2, 0.25) is 0 Å². The maximum atomic E-state index is 5.13. The summed E-state index contributed by atoms with van der Waals surface area (Å²) < 4.78 is 5.90. The van der Waals surface area contributed by atoms with E-state index in [-0.39, 0.29) is 0 Å². The Kier molecular flexibility index (Phi) is 4.56. The Hall–Kier alpha value is -0.880. The first-order chi connectivity index (χ1) is 8.29. The molecule has 1 aliphatic heterocycles. The second-order valence-corrected chi connectivity index (χ2v) is 5.00. The first kappa shape index (κ1) is 12.6. The number of aromatic nitrogens is 2. The van der Waals surface area contributed by atoms with Crippen molar-refractivity contribution in [1.29, 1.82) is 0 Å². The van der Waals surface area contributed by atoms with Gasteiger partial charge in [0.05, 0.1) is 17.8 Å². The Balaban J connectivity index is 1.89. The first-order valence-electron chi connectivity index (χ1n) is 5.80. The van der Waals surface area contributed by atoms with E-state index in [0.29, 0.717) is 17.7 Å². The lowest BCUT2D eigenvalue weighted by Crippen LogP contribution is -2.33. The van der Waals surface area contributed by atoms with Crippen LogP contribution >= 0.6 is 15.9 Å². The predicted octanol–water partition coefficient (Wildman–Crippen LogP) is 1.66. The number of methoxy groups -OCH3 is 1. The number of hydrogen-bond acceptors (Lipinski definition) is 5. The van der Waals surface area contributed by atoms with E-state index in [2.05, 4.69) is 36.5 Å². The van der Waals surface area contributed by atoms with E-state index in [4.69, 9.17) is 4.74 Å². The highest BCUT2D eigenvalue weighted by atomic mass is 79.9. The van der Waals surface area contributed by atoms with Gasteiger partial charge >= 0.3 is 0 Å². The van der Waals surface area contributed by atoms with Crippen LogP contribution < -0.4 is 15.4 Å². The number of nitrogens with zero attached hydrogens (tertiary/aromatic N) is 2. The quantitative estimate of drug-likeness (QED) is 0.886. The molecule has 1 aromatic rings. The highest BCUT2D eigenvalue weighted by Gasteiger charge is 2.13. The highest BCUT2D eigenvalue weighted by molar-refractivity contribution is 9.10. The number of anilines is 1. The monoisotopic (exact) mass is 300 g/mol. The van der Waals surface area contributed by atoms with Gasteiger partial charge in [-0.25, -0.2) is 4.98 Å². The lowest BCUT2D eigenvalue weighted by molar-refractivity contribution is 0.388. The lowest BCUT2D eigenvalue weighted by atomic mass is 10.00. The van der Waals surface area contributed by atoms with E-state index in [1.807, 2.05) is 0 Å². The third kappa shape index (κ3) is 3.54. The Morgan fingerprint density at radius 3 is 3.24 bits per heavy atom. The van der Waals surface area contributed by atoms with E-state index in [1.165, 1.54) is 12.8 Å². The number of rotatable bonds is 4. The third-order valence-corrected chi connectivity index (χ3v) is 3.40. The average molecular weight is 301 g/mol. The molecule has 5 nitrogen and oxygen atoms in total. The Morgan fingerprint density at radius 1 is 1.65 bits per heavy atom. The number of halogens is 1. The molecule has 0 saturated carbocycles. The van der Waals surface area contributed by atoms with Crippen molar-refractivity contribution >= 4 is 21.9 Å². The van der Waals surface area contributed by atoms with Crippen molar-refractivity contribution < 1.29 is 4.74 Å². The summed E-state index contributed by atoms with van der Waals surface area (Å²) in [6, 6.07) is 0. The molecule has 0 radical (unpaired) electrons. The summed E-state index contributed by atoms with van der Waals surface area (Å²) in [7, 11) is 1.60. The van der Waals surface area contributed by atoms with Crippen molar-refractivity contribution in [3.05, 3.63) is 10.7 Å². The minimum absolute atomic E-state index is 0.560. The third-order valence-electron chi connectivity index (χ3n) is 2.85. The van der Waals surface area contributed by atoms with Crippen molar-refractivity contribution in [1.82, 2.24) is 15.3 Å². The summed E-state index contributed by atoms with van der Waals surface area (Å²) in [5, 5.41) is 6.64. The van der Waals surface area contributed by atoms with E-state index in [9.17, 15) is 0 Å². The summed E-state index contributed by atoms with van der Waals surface area (Å²) in [6.45, 7) is 3.11. The topological polar surface area (TPSA) is 59.1 Å². The van der Waals surface area contributed by atoms with Gasteiger partial charge in [0.25, 0.3) is 0 Å². The van der Waals surface area contributed by atoms with Crippen LogP contribution in [0.4, 0.5) is 5.95 Å². The molecule has 1 fully saturated rings. The van der Waals surface area contributed by atoms with Crippen LogP contribution in [-0.4, -0.2) is 36.7 Å². The molecule has 1 atom stereocenters. The normalized spacial score (nSPS) is 20.0. The van der Waals surface area contributed by atoms with E-state index < -0.39 is 0 Å². The number of hydrogen-bond donors (Lipinski definition) is 2. The molecule has 0 spiro atoms. The summed E-state index contributed by atoms with van der Waals surface area (Å²) in [4.78, 5) is 8.47. The summed E-state index contributed by atoms with van der Waals surface area (Å²) in [5.41, 5.74) is 0. The van der Waals surface area contributed by atoms with E-state index in [1.54, 1.807) is 13.3 Å². The van der Waals surface area contributed by atoms with Crippen LogP contribution in [0.25, 0.3) is 0 Å². The fourth-order valence-electron chi connectivity index (χ4n) is 1.91. The minimum atomic E-state index is 0.560. The lowest BCUT2D eigenvalue weighted by Gasteiger charge is -2.22. The van der Waals surface area contributed by atoms with Gasteiger partial charge in [0, 0.05) is 6.54 Å². The second-order valence-electron chi connectivity index (χ2n) is 4.14. The molecule has 6 heteroatoms. The van der Waals surface area contributed by atoms with Crippen molar-refractivity contribution in [3.8, 4) is 5.88 Å². The fourth-order valence-corrected chi connectivity index (χ4v) is 2.27. The maximum Gasteiger partial charge on any atom is 0.232 e. The molecule has 0 amide bonds. The Bertz CT molecular complexity index is 368. The molecule has 0 bridgehead atoms. The Morgan fingerprint density at radius 2 is 2.53 bits per heavy atom. The van der Waals surface area contributed by atoms with Crippen LogP contribution in [0.1, 0.15) is 12.8 Å². The molecule has 1 saturated heterocycles. The van der Waals surface area contributed by atoms with Gasteiger partial charge in [-0.2, -0.15) is 4.98 Å². The van der Waals surface area contributed by atoms with Crippen molar-refractivity contribution in [2.24, 2.45) is 5.92 Å². The van der Waals surface area contributed by atoms with Gasteiger partial charge in [-0.1, -0.05) is 0 Å². The fraction of sp³-hybridized carbons (Fsp3) is 0.636. The highest BCUT2D eigenvalue weighted by Crippen LogP contribution is 2.22. The number of nitrogens with one attached hydrogen (secondary N) is 2. The zero-order valence-electron chi connectivity index (χ0n) is 9.87. The first-order valence-corrected chi connectivity index (χ1v) is 6.60. The second kappa shape index (κ2) is 6.16. The van der Waals surface area contributed by atoms with Crippen LogP contribution in [0.3, 0.4) is 0 Å². The van der Waals surface area contributed by atoms with Gasteiger partial charge in [0.2, 0.25) is 11.8 Å². The molecule has 1 aromatic heterocycles. The zero-order valence-corrected chi connectivity index (χ0v) is 11.5. The SMILES string of the molecule is COc1nc(NCC2CCCNC2)ncc1Br. The molecule has 0 aromatic carbocycles. The molecule has 2 N–H and O–H groups in total. The zero-order chi connectivity index (χ0) is 12.1. The number of ether oxygens (including phenoxy) is 1. The maximum absolute atomic E-state index is 5.13. The predicted molar refractivity (Wildman–Crippen MR) is 70.4 cm³/mol. The van der Waals surface area contributed by atoms with Crippen LogP contribution in [0.15, 0.2) is 10.7 Å². The summed E-state index contributed by atoms with van der Waals surface area (Å²) in [5.74, 6) is 1.84. The molecular formula is C11H17BrN4O. The number of piperidine rings is 1. The van der Waals surface area contributed by atoms with Gasteiger partial charge in [-0.05, 0) is 47.8 Å². The largest absolute Gasteiger partial charge is 0.480 e. The van der Waals surface area contributed by atoms with Crippen LogP contribution in [0, 0.1) is 5.92 Å². The minimum Gasteiger partial charge on any atom is -0.480 e. The molecule has 0 aliphatic carbocycles. The summed E-state index contributed by atoms with van der Waals surface area (Å²) in [6.07, 6.45) is 4.21. The van der Waals surface area contributed by atoms with Crippen LogP contribution in [-0.2, 0) is 0 Å². The van der Waals surface area contributed by atoms with Crippen molar-refractivity contribution in [2.75, 3.05) is 32.1 Å². The standard InChI is InChI=1S/C11H17BrN4O/c1-17-10-9(12)7-15-11(16-10)14-6-8-3-2-4-13-5-8/h7-8,13H,2-6H2,1H3,(H,14,15,16). The molecule has 17 heavy (non-hydrogen) atoms. The molecule has 1 aliphatic rings. The van der Waals surface area contributed by atoms with Gasteiger partial charge < -0.3 is 15.4 Å². The smallest absolute Gasteiger partial charge is 0.232 e. The van der Waals surface area contributed by atoms with Crippen molar-refractivity contribution in [3.63, 3.8) is 0 Å². The van der Waals surface area contributed by atoms with E-state index >= 15 is 0 Å². The molecular weight excluding hydrogens is 284 g/mol. The van der Waals surface area contributed by atoms with Gasteiger partial charge in [0.1, 0.15) is 0 Å². The molecule has 2 rings (SSSR count). The van der Waals surface area contributed by atoms with Crippen LogP contribution in [0.5, 0.6) is 5.88 Å². The van der Waals surface area contributed by atoms with Gasteiger partial charge in [-0.3, -0.25) is 0 Å². The average Bonchev–Trinajstić information content (AvgIpc) is 2.39. The van der Waals surface area contributed by atoms with Gasteiger partial charge in [-0.15, -0.1) is 0 Å². The Labute approximate surface area is 110 Å². The van der Waals surface area contributed by atoms with Crippen molar-refractivity contribution in [2.45, 2.75) is 12.8 Å². The molecule has 1 unspecified atom stereocenters. The van der Waals surface area contributed by atoms with E-state index in [0.717, 1.165) is 24.1 Å².